The number of rotatable bonds is 5. The van der Waals surface area contributed by atoms with Gasteiger partial charge in [0, 0.05) is 31.4 Å². The molecule has 0 atom stereocenters. The Morgan fingerprint density at radius 3 is 2.56 bits per heavy atom. The van der Waals surface area contributed by atoms with E-state index in [0.29, 0.717) is 23.5 Å². The van der Waals surface area contributed by atoms with Crippen molar-refractivity contribution in [2.45, 2.75) is 32.1 Å². The molecule has 7 heteroatoms. The average molecular weight is 339 g/mol. The third-order valence-corrected chi connectivity index (χ3v) is 4.64. The molecule has 0 amide bonds. The first kappa shape index (κ1) is 16.0. The second-order valence-corrected chi connectivity index (χ2v) is 6.42. The maximum Gasteiger partial charge on any atom is 0.228 e. The van der Waals surface area contributed by atoms with Crippen LogP contribution in [0, 0.1) is 6.92 Å². The molecule has 7 nitrogen and oxygen atoms in total. The number of hydrogen-bond acceptors (Lipinski definition) is 7. The van der Waals surface area contributed by atoms with Crippen LogP contribution in [0.4, 0.5) is 0 Å². The molecule has 25 heavy (non-hydrogen) atoms. The Kier molecular flexibility index (Phi) is 4.56. The summed E-state index contributed by atoms with van der Waals surface area (Å²) < 4.78 is 10.5. The summed E-state index contributed by atoms with van der Waals surface area (Å²) in [5.74, 6) is 3.24. The van der Waals surface area contributed by atoms with Gasteiger partial charge >= 0.3 is 0 Å². The summed E-state index contributed by atoms with van der Waals surface area (Å²) >= 11 is 0. The highest BCUT2D eigenvalue weighted by Gasteiger charge is 2.24. The van der Waals surface area contributed by atoms with E-state index in [4.69, 9.17) is 9.05 Å². The molecule has 3 aromatic rings. The number of benzene rings is 1. The first-order valence-electron chi connectivity index (χ1n) is 8.68. The van der Waals surface area contributed by atoms with Crippen molar-refractivity contribution < 1.29 is 9.05 Å². The third kappa shape index (κ3) is 3.76. The summed E-state index contributed by atoms with van der Waals surface area (Å²) in [7, 11) is 0. The lowest BCUT2D eigenvalue weighted by Crippen LogP contribution is -2.34. The van der Waals surface area contributed by atoms with E-state index < -0.39 is 0 Å². The van der Waals surface area contributed by atoms with Crippen LogP contribution in [-0.4, -0.2) is 44.8 Å². The standard InChI is InChI=1S/C18H21N5O2/c1-13-19-17(21-24-13)15-7-10-23(11-8-15)12-9-16-20-18(22-25-16)14-5-3-2-4-6-14/h2-6,15H,7-12H2,1H3. The van der Waals surface area contributed by atoms with E-state index >= 15 is 0 Å². The number of aromatic nitrogens is 4. The molecule has 4 rings (SSSR count). The molecule has 0 bridgehead atoms. The first-order valence-corrected chi connectivity index (χ1v) is 8.68. The fraction of sp³-hybridized carbons (Fsp3) is 0.444. The molecule has 0 spiro atoms. The van der Waals surface area contributed by atoms with Gasteiger partial charge in [-0.15, -0.1) is 0 Å². The van der Waals surface area contributed by atoms with E-state index in [1.807, 2.05) is 37.3 Å². The van der Waals surface area contributed by atoms with Gasteiger partial charge in [0.2, 0.25) is 17.6 Å². The van der Waals surface area contributed by atoms with Crippen molar-refractivity contribution in [1.29, 1.82) is 0 Å². The predicted molar refractivity (Wildman–Crippen MR) is 90.9 cm³/mol. The van der Waals surface area contributed by atoms with Crippen LogP contribution in [0.15, 0.2) is 39.4 Å². The summed E-state index contributed by atoms with van der Waals surface area (Å²) in [6.07, 6.45) is 2.88. The van der Waals surface area contributed by atoms with E-state index in [0.717, 1.165) is 50.3 Å². The number of nitrogens with zero attached hydrogens (tertiary/aromatic N) is 5. The Morgan fingerprint density at radius 1 is 1.04 bits per heavy atom. The lowest BCUT2D eigenvalue weighted by Gasteiger charge is -2.30. The SMILES string of the molecule is Cc1nc(C2CCN(CCc3nc(-c4ccccc4)no3)CC2)no1. The Bertz CT molecular complexity index is 806. The second kappa shape index (κ2) is 7.14. The number of likely N-dealkylation sites (tertiary alicyclic amines) is 1. The summed E-state index contributed by atoms with van der Waals surface area (Å²) in [4.78, 5) is 11.3. The molecule has 0 N–H and O–H groups in total. The largest absolute Gasteiger partial charge is 0.340 e. The molecule has 1 saturated heterocycles. The highest BCUT2D eigenvalue weighted by atomic mass is 16.5. The quantitative estimate of drug-likeness (QED) is 0.707. The maximum atomic E-state index is 5.38. The Morgan fingerprint density at radius 2 is 1.84 bits per heavy atom. The molecule has 1 fully saturated rings. The highest BCUT2D eigenvalue weighted by Crippen LogP contribution is 2.26. The van der Waals surface area contributed by atoms with Crippen molar-refractivity contribution in [3.05, 3.63) is 47.9 Å². The minimum absolute atomic E-state index is 0.404. The lowest BCUT2D eigenvalue weighted by atomic mass is 9.96. The van der Waals surface area contributed by atoms with Gasteiger partial charge in [-0.25, -0.2) is 0 Å². The molecule has 1 aliphatic rings. The number of hydrogen-bond donors (Lipinski definition) is 0. The summed E-state index contributed by atoms with van der Waals surface area (Å²) in [5, 5.41) is 8.12. The van der Waals surface area contributed by atoms with Gasteiger partial charge in [-0.3, -0.25) is 0 Å². The third-order valence-electron chi connectivity index (χ3n) is 4.64. The molecular formula is C18H21N5O2. The molecule has 130 valence electrons. The molecule has 0 aliphatic carbocycles. The zero-order valence-corrected chi connectivity index (χ0v) is 14.3. The Balaban J connectivity index is 1.28. The smallest absolute Gasteiger partial charge is 0.228 e. The van der Waals surface area contributed by atoms with Crippen LogP contribution in [0.25, 0.3) is 11.4 Å². The Labute approximate surface area is 146 Å². The molecule has 0 unspecified atom stereocenters. The minimum atomic E-state index is 0.404. The summed E-state index contributed by atoms with van der Waals surface area (Å²) in [5.41, 5.74) is 0.980. The Hall–Kier alpha value is -2.54. The fourth-order valence-electron chi connectivity index (χ4n) is 3.21. The second-order valence-electron chi connectivity index (χ2n) is 6.42. The van der Waals surface area contributed by atoms with Crippen LogP contribution in [0.2, 0.25) is 0 Å². The van der Waals surface area contributed by atoms with Crippen LogP contribution < -0.4 is 0 Å². The van der Waals surface area contributed by atoms with Crippen LogP contribution in [0.5, 0.6) is 0 Å². The van der Waals surface area contributed by atoms with Crippen LogP contribution >= 0.6 is 0 Å². The van der Waals surface area contributed by atoms with E-state index in [9.17, 15) is 0 Å². The van der Waals surface area contributed by atoms with Crippen molar-refractivity contribution >= 4 is 0 Å². The molecule has 1 aliphatic heterocycles. The monoisotopic (exact) mass is 339 g/mol. The predicted octanol–water partition coefficient (Wildman–Crippen LogP) is 2.85. The molecular weight excluding hydrogens is 318 g/mol. The summed E-state index contributed by atoms with van der Waals surface area (Å²) in [6.45, 7) is 4.81. The van der Waals surface area contributed by atoms with Crippen LogP contribution in [-0.2, 0) is 6.42 Å². The van der Waals surface area contributed by atoms with Crippen LogP contribution in [0.1, 0.15) is 36.4 Å². The van der Waals surface area contributed by atoms with Crippen molar-refractivity contribution in [2.24, 2.45) is 0 Å². The van der Waals surface area contributed by atoms with E-state index in [1.165, 1.54) is 0 Å². The number of piperidine rings is 1. The minimum Gasteiger partial charge on any atom is -0.340 e. The highest BCUT2D eigenvalue weighted by molar-refractivity contribution is 5.53. The van der Waals surface area contributed by atoms with Crippen molar-refractivity contribution in [3.63, 3.8) is 0 Å². The van der Waals surface area contributed by atoms with Gasteiger partial charge in [0.25, 0.3) is 0 Å². The van der Waals surface area contributed by atoms with E-state index in [1.54, 1.807) is 0 Å². The van der Waals surface area contributed by atoms with E-state index in [2.05, 4.69) is 25.2 Å². The number of aryl methyl sites for hydroxylation is 1. The van der Waals surface area contributed by atoms with Gasteiger partial charge in [-0.05, 0) is 25.9 Å². The van der Waals surface area contributed by atoms with Gasteiger partial charge in [-0.2, -0.15) is 9.97 Å². The van der Waals surface area contributed by atoms with Crippen molar-refractivity contribution in [1.82, 2.24) is 25.2 Å². The molecule has 2 aromatic heterocycles. The summed E-state index contributed by atoms with van der Waals surface area (Å²) in [6, 6.07) is 9.89. The first-order chi connectivity index (χ1) is 12.3. The normalized spacial score (nSPS) is 16.4. The molecule has 3 heterocycles. The van der Waals surface area contributed by atoms with Gasteiger partial charge < -0.3 is 13.9 Å². The zero-order valence-electron chi connectivity index (χ0n) is 14.3. The topological polar surface area (TPSA) is 81.1 Å². The molecule has 1 aromatic carbocycles. The van der Waals surface area contributed by atoms with Gasteiger partial charge in [0.1, 0.15) is 0 Å². The zero-order chi connectivity index (χ0) is 17.1. The van der Waals surface area contributed by atoms with Gasteiger partial charge in [0.05, 0.1) is 0 Å². The van der Waals surface area contributed by atoms with Crippen molar-refractivity contribution in [2.75, 3.05) is 19.6 Å². The van der Waals surface area contributed by atoms with E-state index in [-0.39, 0.29) is 0 Å². The van der Waals surface area contributed by atoms with Gasteiger partial charge in [0.15, 0.2) is 5.82 Å². The van der Waals surface area contributed by atoms with Crippen LogP contribution in [0.3, 0.4) is 0 Å². The maximum absolute atomic E-state index is 5.38. The van der Waals surface area contributed by atoms with Crippen molar-refractivity contribution in [3.8, 4) is 11.4 Å². The molecule has 0 saturated carbocycles. The molecule has 0 radical (unpaired) electrons. The average Bonchev–Trinajstić information content (AvgIpc) is 3.30. The van der Waals surface area contributed by atoms with Gasteiger partial charge in [-0.1, -0.05) is 40.6 Å². The lowest BCUT2D eigenvalue weighted by molar-refractivity contribution is 0.203. The fourth-order valence-corrected chi connectivity index (χ4v) is 3.21.